The molecule has 0 amide bonds. The lowest BCUT2D eigenvalue weighted by Gasteiger charge is -1.85. The molecule has 56 valence electrons. The number of hydrogen-bond acceptors (Lipinski definition) is 4. The molecule has 0 radical (unpaired) electrons. The normalized spacial score (nSPS) is 10.2. The molecular formula is C5H9N3OS. The fourth-order valence-corrected chi connectivity index (χ4v) is 1.01. The van der Waals surface area contributed by atoms with E-state index in [1.807, 2.05) is 6.26 Å². The second kappa shape index (κ2) is 3.58. The summed E-state index contributed by atoms with van der Waals surface area (Å²) in [6.45, 7) is -0.0924. The highest BCUT2D eigenvalue weighted by atomic mass is 32.2. The molecule has 0 saturated carbocycles. The van der Waals surface area contributed by atoms with Crippen LogP contribution in [-0.2, 0) is 12.4 Å². The maximum absolute atomic E-state index is 8.57. The quantitative estimate of drug-likeness (QED) is 0.659. The van der Waals surface area contributed by atoms with Crippen molar-refractivity contribution in [2.45, 2.75) is 12.4 Å². The topological polar surface area (TPSA) is 61.8 Å². The van der Waals surface area contributed by atoms with Crippen LogP contribution < -0.4 is 0 Å². The summed E-state index contributed by atoms with van der Waals surface area (Å²) < 4.78 is 0. The first kappa shape index (κ1) is 7.56. The zero-order valence-corrected chi connectivity index (χ0v) is 6.48. The molecule has 0 spiro atoms. The molecule has 10 heavy (non-hydrogen) atoms. The molecule has 5 heteroatoms. The minimum atomic E-state index is -0.0924. The van der Waals surface area contributed by atoms with E-state index in [4.69, 9.17) is 5.11 Å². The second-order valence-corrected chi connectivity index (χ2v) is 2.66. The highest BCUT2D eigenvalue weighted by Gasteiger charge is 1.98. The molecule has 1 heterocycles. The third-order valence-electron chi connectivity index (χ3n) is 1.00. The molecule has 4 nitrogen and oxygen atoms in total. The van der Waals surface area contributed by atoms with Crippen LogP contribution in [0.5, 0.6) is 0 Å². The molecule has 0 aliphatic carbocycles. The summed E-state index contributed by atoms with van der Waals surface area (Å²) in [5, 5.41) is 15.0. The van der Waals surface area contributed by atoms with E-state index in [9.17, 15) is 0 Å². The van der Waals surface area contributed by atoms with Gasteiger partial charge in [-0.25, -0.2) is 4.98 Å². The molecule has 1 aromatic rings. The third-order valence-corrected chi connectivity index (χ3v) is 1.56. The van der Waals surface area contributed by atoms with Gasteiger partial charge in [0.1, 0.15) is 12.4 Å². The molecule has 2 N–H and O–H groups in total. The van der Waals surface area contributed by atoms with Crippen molar-refractivity contribution >= 4 is 11.8 Å². The van der Waals surface area contributed by atoms with Crippen LogP contribution >= 0.6 is 11.8 Å². The fourth-order valence-electron chi connectivity index (χ4n) is 0.607. The first-order chi connectivity index (χ1) is 4.86. The summed E-state index contributed by atoms with van der Waals surface area (Å²) in [7, 11) is 0. The molecule has 0 bridgehead atoms. The Morgan fingerprint density at radius 3 is 3.00 bits per heavy atom. The molecule has 0 atom stereocenters. The Morgan fingerprint density at radius 1 is 1.70 bits per heavy atom. The zero-order chi connectivity index (χ0) is 7.40. The maximum Gasteiger partial charge on any atom is 0.176 e. The number of hydrogen-bond donors (Lipinski definition) is 2. The van der Waals surface area contributed by atoms with E-state index in [1.54, 1.807) is 11.8 Å². The number of thioether (sulfide) groups is 1. The van der Waals surface area contributed by atoms with E-state index in [1.165, 1.54) is 0 Å². The Hall–Kier alpha value is -0.550. The average molecular weight is 159 g/mol. The van der Waals surface area contributed by atoms with Crippen molar-refractivity contribution < 1.29 is 5.11 Å². The lowest BCUT2D eigenvalue weighted by Crippen LogP contribution is -1.85. The van der Waals surface area contributed by atoms with Gasteiger partial charge < -0.3 is 5.11 Å². The molecule has 0 aliphatic heterocycles. The van der Waals surface area contributed by atoms with Crippen molar-refractivity contribution in [3.05, 3.63) is 11.6 Å². The van der Waals surface area contributed by atoms with Crippen molar-refractivity contribution in [3.63, 3.8) is 0 Å². The van der Waals surface area contributed by atoms with Crippen LogP contribution in [-0.4, -0.2) is 26.5 Å². The predicted molar refractivity (Wildman–Crippen MR) is 39.5 cm³/mol. The van der Waals surface area contributed by atoms with E-state index in [-0.39, 0.29) is 6.61 Å². The van der Waals surface area contributed by atoms with Crippen LogP contribution in [0, 0.1) is 0 Å². The van der Waals surface area contributed by atoms with Gasteiger partial charge in [0.05, 0.1) is 5.75 Å². The molecule has 0 aliphatic rings. The van der Waals surface area contributed by atoms with Gasteiger partial charge in [-0.2, -0.15) is 16.9 Å². The van der Waals surface area contributed by atoms with Gasteiger partial charge in [-0.15, -0.1) is 0 Å². The number of nitrogens with one attached hydrogen (secondary N) is 1. The van der Waals surface area contributed by atoms with E-state index in [0.717, 1.165) is 11.6 Å². The highest BCUT2D eigenvalue weighted by molar-refractivity contribution is 7.97. The van der Waals surface area contributed by atoms with Crippen molar-refractivity contribution in [2.24, 2.45) is 0 Å². The number of H-pyrrole nitrogens is 1. The average Bonchev–Trinajstić information content (AvgIpc) is 2.37. The van der Waals surface area contributed by atoms with E-state index >= 15 is 0 Å². The van der Waals surface area contributed by atoms with Gasteiger partial charge in [-0.3, -0.25) is 5.10 Å². The maximum atomic E-state index is 8.57. The number of aromatic nitrogens is 3. The van der Waals surface area contributed by atoms with E-state index in [2.05, 4.69) is 15.2 Å². The molecule has 0 saturated heterocycles. The van der Waals surface area contributed by atoms with Crippen LogP contribution in [0.4, 0.5) is 0 Å². The largest absolute Gasteiger partial charge is 0.388 e. The third kappa shape index (κ3) is 1.71. The lowest BCUT2D eigenvalue weighted by molar-refractivity contribution is 0.272. The molecule has 0 unspecified atom stereocenters. The first-order valence-corrected chi connectivity index (χ1v) is 4.26. The Bertz CT molecular complexity index is 201. The molecule has 1 aromatic heterocycles. The Morgan fingerprint density at radius 2 is 2.50 bits per heavy atom. The Balaban J connectivity index is 2.59. The van der Waals surface area contributed by atoms with Gasteiger partial charge in [0.15, 0.2) is 5.82 Å². The monoisotopic (exact) mass is 159 g/mol. The van der Waals surface area contributed by atoms with Crippen molar-refractivity contribution in [1.82, 2.24) is 15.2 Å². The van der Waals surface area contributed by atoms with Gasteiger partial charge in [0.25, 0.3) is 0 Å². The van der Waals surface area contributed by atoms with Crippen LogP contribution in [0.3, 0.4) is 0 Å². The highest BCUT2D eigenvalue weighted by Crippen LogP contribution is 2.02. The summed E-state index contributed by atoms with van der Waals surface area (Å²) in [5.74, 6) is 2.09. The smallest absolute Gasteiger partial charge is 0.176 e. The van der Waals surface area contributed by atoms with Gasteiger partial charge >= 0.3 is 0 Å². The van der Waals surface area contributed by atoms with Crippen LogP contribution in [0.15, 0.2) is 0 Å². The standard InChI is InChI=1S/C5H9N3OS/c1-10-3-5-6-4(2-9)7-8-5/h9H,2-3H2,1H3,(H,6,7,8). The number of aliphatic hydroxyl groups excluding tert-OH is 1. The Labute approximate surface area is 63.1 Å². The summed E-state index contributed by atoms with van der Waals surface area (Å²) >= 11 is 1.66. The summed E-state index contributed by atoms with van der Waals surface area (Å²) in [6.07, 6.45) is 1.99. The minimum Gasteiger partial charge on any atom is -0.388 e. The van der Waals surface area contributed by atoms with Gasteiger partial charge in [-0.05, 0) is 6.26 Å². The fraction of sp³-hybridized carbons (Fsp3) is 0.600. The van der Waals surface area contributed by atoms with Gasteiger partial charge in [0, 0.05) is 0 Å². The molecule has 0 fully saturated rings. The zero-order valence-electron chi connectivity index (χ0n) is 5.66. The summed E-state index contributed by atoms with van der Waals surface area (Å²) in [4.78, 5) is 3.98. The minimum absolute atomic E-state index is 0.0924. The van der Waals surface area contributed by atoms with Crippen molar-refractivity contribution in [1.29, 1.82) is 0 Å². The van der Waals surface area contributed by atoms with Gasteiger partial charge in [0.2, 0.25) is 0 Å². The first-order valence-electron chi connectivity index (χ1n) is 2.86. The number of nitrogens with zero attached hydrogens (tertiary/aromatic N) is 2. The lowest BCUT2D eigenvalue weighted by atomic mass is 10.6. The van der Waals surface area contributed by atoms with Gasteiger partial charge in [-0.1, -0.05) is 0 Å². The predicted octanol–water partition coefficient (Wildman–Crippen LogP) is 0.160. The SMILES string of the molecule is CSCc1nc(CO)n[nH]1. The van der Waals surface area contributed by atoms with Crippen LogP contribution in [0.2, 0.25) is 0 Å². The van der Waals surface area contributed by atoms with E-state index in [0.29, 0.717) is 5.82 Å². The van der Waals surface area contributed by atoms with Crippen molar-refractivity contribution in [2.75, 3.05) is 6.26 Å². The molecule has 0 aromatic carbocycles. The summed E-state index contributed by atoms with van der Waals surface area (Å²) in [6, 6.07) is 0. The number of aliphatic hydroxyl groups is 1. The molecular weight excluding hydrogens is 150 g/mol. The number of aromatic amines is 1. The van der Waals surface area contributed by atoms with Crippen LogP contribution in [0.1, 0.15) is 11.6 Å². The Kier molecular flexibility index (Phi) is 2.70. The summed E-state index contributed by atoms with van der Waals surface area (Å²) in [5.41, 5.74) is 0. The van der Waals surface area contributed by atoms with E-state index < -0.39 is 0 Å². The van der Waals surface area contributed by atoms with Crippen LogP contribution in [0.25, 0.3) is 0 Å². The molecule has 1 rings (SSSR count). The second-order valence-electron chi connectivity index (χ2n) is 1.79. The van der Waals surface area contributed by atoms with Crippen molar-refractivity contribution in [3.8, 4) is 0 Å². The number of rotatable bonds is 3.